The maximum atomic E-state index is 13.8. The molecule has 10 heteroatoms. The van der Waals surface area contributed by atoms with E-state index in [9.17, 15) is 13.2 Å². The summed E-state index contributed by atoms with van der Waals surface area (Å²) in [6.45, 7) is 2.60. The first kappa shape index (κ1) is 26.4. The summed E-state index contributed by atoms with van der Waals surface area (Å²) in [4.78, 5) is 20.2. The fourth-order valence-electron chi connectivity index (χ4n) is 4.82. The lowest BCUT2D eigenvalue weighted by Crippen LogP contribution is -2.38. The molecule has 0 aliphatic heterocycles. The van der Waals surface area contributed by atoms with Gasteiger partial charge in [-0.25, -0.2) is 13.4 Å². The minimum atomic E-state index is -3.65. The van der Waals surface area contributed by atoms with Crippen molar-refractivity contribution < 1.29 is 22.4 Å². The molecule has 4 aromatic rings. The number of fused-ring (bicyclic) bond motifs is 1. The van der Waals surface area contributed by atoms with Crippen molar-refractivity contribution >= 4 is 42.6 Å². The number of carbonyl (C=O) groups is 1. The first-order chi connectivity index (χ1) is 18.4. The molecule has 1 amide bonds. The van der Waals surface area contributed by atoms with Crippen LogP contribution in [0.2, 0.25) is 0 Å². The van der Waals surface area contributed by atoms with Crippen LogP contribution in [0.25, 0.3) is 10.2 Å². The molecule has 0 N–H and O–H groups in total. The van der Waals surface area contributed by atoms with E-state index in [0.717, 1.165) is 36.8 Å². The first-order valence-electron chi connectivity index (χ1n) is 12.8. The van der Waals surface area contributed by atoms with Gasteiger partial charge in [-0.1, -0.05) is 36.7 Å². The van der Waals surface area contributed by atoms with Crippen LogP contribution in [0.4, 0.5) is 5.13 Å². The van der Waals surface area contributed by atoms with Gasteiger partial charge in [0, 0.05) is 18.7 Å². The van der Waals surface area contributed by atoms with E-state index in [1.165, 1.54) is 27.8 Å². The quantitative estimate of drug-likeness (QED) is 0.249. The molecule has 2 heterocycles. The summed E-state index contributed by atoms with van der Waals surface area (Å²) >= 11 is 1.39. The molecule has 8 nitrogen and oxygen atoms in total. The van der Waals surface area contributed by atoms with Crippen molar-refractivity contribution in [3.8, 4) is 5.75 Å². The molecule has 0 unspecified atom stereocenters. The van der Waals surface area contributed by atoms with Crippen molar-refractivity contribution in [2.45, 2.75) is 56.5 Å². The van der Waals surface area contributed by atoms with Gasteiger partial charge in [-0.15, -0.1) is 0 Å². The molecular weight excluding hydrogens is 522 g/mol. The van der Waals surface area contributed by atoms with E-state index in [1.807, 2.05) is 25.1 Å². The highest BCUT2D eigenvalue weighted by Crippen LogP contribution is 2.35. The number of amides is 1. The number of hydrogen-bond donors (Lipinski definition) is 0. The Kier molecular flexibility index (Phi) is 7.83. The molecular formula is C28H31N3O5S2. The second-order valence-corrected chi connectivity index (χ2v) is 12.3. The highest BCUT2D eigenvalue weighted by Gasteiger charge is 2.30. The zero-order valence-corrected chi connectivity index (χ0v) is 23.1. The number of nitrogens with zero attached hydrogens (tertiary/aromatic N) is 3. The van der Waals surface area contributed by atoms with E-state index in [4.69, 9.17) is 14.1 Å². The van der Waals surface area contributed by atoms with Gasteiger partial charge >= 0.3 is 0 Å². The molecule has 2 aromatic heterocycles. The third-order valence-corrected chi connectivity index (χ3v) is 9.88. The molecule has 2 aromatic carbocycles. The normalized spacial score (nSPS) is 14.7. The van der Waals surface area contributed by atoms with Crippen LogP contribution < -0.4 is 9.64 Å². The average Bonchev–Trinajstić information content (AvgIpc) is 3.62. The Morgan fingerprint density at radius 1 is 1.08 bits per heavy atom. The lowest BCUT2D eigenvalue weighted by molar-refractivity contribution is 0.0983. The van der Waals surface area contributed by atoms with Crippen LogP contribution in [0.15, 0.2) is 70.2 Å². The standard InChI is InChI=1S/C28H31N3O5S2/c1-3-35-24-12-7-13-25-26(24)29-28(37-25)31(19-22-11-8-18-36-22)27(32)20-14-16-23(17-15-20)38(33,34)30(2)21-9-5-4-6-10-21/h7-8,11-18,21H,3-6,9-10,19H2,1-2H3. The molecule has 0 saturated heterocycles. The van der Waals surface area contributed by atoms with Crippen molar-refractivity contribution in [1.82, 2.24) is 9.29 Å². The summed E-state index contributed by atoms with van der Waals surface area (Å²) in [5.41, 5.74) is 1.05. The van der Waals surface area contributed by atoms with E-state index >= 15 is 0 Å². The summed E-state index contributed by atoms with van der Waals surface area (Å²) in [6.07, 6.45) is 6.55. The van der Waals surface area contributed by atoms with Crippen LogP contribution in [-0.4, -0.2) is 43.3 Å². The Morgan fingerprint density at radius 2 is 1.84 bits per heavy atom. The van der Waals surface area contributed by atoms with Gasteiger partial charge < -0.3 is 9.15 Å². The van der Waals surface area contributed by atoms with E-state index in [2.05, 4.69) is 0 Å². The SMILES string of the molecule is CCOc1cccc2sc(N(Cc3ccco3)C(=O)c3ccc(S(=O)(=O)N(C)C4CCCCC4)cc3)nc12. The molecule has 5 rings (SSSR count). The van der Waals surface area contributed by atoms with Gasteiger partial charge in [0.1, 0.15) is 17.0 Å². The minimum absolute atomic E-state index is 0.0134. The zero-order valence-electron chi connectivity index (χ0n) is 21.5. The van der Waals surface area contributed by atoms with E-state index in [0.29, 0.717) is 34.3 Å². The lowest BCUT2D eigenvalue weighted by atomic mass is 9.96. The summed E-state index contributed by atoms with van der Waals surface area (Å²) < 4.78 is 40.2. The summed E-state index contributed by atoms with van der Waals surface area (Å²) in [7, 11) is -2.00. The van der Waals surface area contributed by atoms with Crippen molar-refractivity contribution in [2.24, 2.45) is 0 Å². The number of para-hydroxylation sites is 1. The number of rotatable bonds is 9. The van der Waals surface area contributed by atoms with Crippen molar-refractivity contribution in [1.29, 1.82) is 0 Å². The Bertz CT molecular complexity index is 1490. The van der Waals surface area contributed by atoms with Crippen LogP contribution in [0.3, 0.4) is 0 Å². The van der Waals surface area contributed by atoms with Crippen molar-refractivity contribution in [2.75, 3.05) is 18.6 Å². The predicted molar refractivity (Wildman–Crippen MR) is 148 cm³/mol. The molecule has 1 fully saturated rings. The summed E-state index contributed by atoms with van der Waals surface area (Å²) in [6, 6.07) is 15.4. The number of anilines is 1. The molecule has 1 saturated carbocycles. The Hall–Kier alpha value is -3.21. The van der Waals surface area contributed by atoms with Gasteiger partial charge in [-0.2, -0.15) is 4.31 Å². The first-order valence-corrected chi connectivity index (χ1v) is 15.1. The van der Waals surface area contributed by atoms with Gasteiger partial charge in [0.2, 0.25) is 10.0 Å². The number of furan rings is 1. The molecule has 200 valence electrons. The highest BCUT2D eigenvalue weighted by molar-refractivity contribution is 7.89. The van der Waals surface area contributed by atoms with Crippen LogP contribution in [-0.2, 0) is 16.6 Å². The third-order valence-electron chi connectivity index (χ3n) is 6.91. The average molecular weight is 554 g/mol. The van der Waals surface area contributed by atoms with Crippen molar-refractivity contribution in [3.05, 3.63) is 72.2 Å². The van der Waals surface area contributed by atoms with Crippen LogP contribution in [0.1, 0.15) is 55.1 Å². The molecule has 0 spiro atoms. The zero-order chi connectivity index (χ0) is 26.7. The maximum Gasteiger partial charge on any atom is 0.260 e. The molecule has 38 heavy (non-hydrogen) atoms. The van der Waals surface area contributed by atoms with Crippen LogP contribution >= 0.6 is 11.3 Å². The predicted octanol–water partition coefficient (Wildman–Crippen LogP) is 6.09. The smallest absolute Gasteiger partial charge is 0.260 e. The van der Waals surface area contributed by atoms with Gasteiger partial charge in [0.05, 0.1) is 29.0 Å². The van der Waals surface area contributed by atoms with Gasteiger partial charge in [-0.05, 0) is 68.3 Å². The lowest BCUT2D eigenvalue weighted by Gasteiger charge is -2.30. The third kappa shape index (κ3) is 5.34. The monoisotopic (exact) mass is 553 g/mol. The topological polar surface area (TPSA) is 92.9 Å². The van der Waals surface area contributed by atoms with Gasteiger partial charge in [0.15, 0.2) is 5.13 Å². The Morgan fingerprint density at radius 3 is 2.53 bits per heavy atom. The minimum Gasteiger partial charge on any atom is -0.492 e. The maximum absolute atomic E-state index is 13.8. The number of ether oxygens (including phenoxy) is 1. The van der Waals surface area contributed by atoms with Gasteiger partial charge in [0.25, 0.3) is 5.91 Å². The van der Waals surface area contributed by atoms with E-state index in [-0.39, 0.29) is 23.4 Å². The van der Waals surface area contributed by atoms with Gasteiger partial charge in [-0.3, -0.25) is 9.69 Å². The molecule has 1 aliphatic rings. The number of carbonyl (C=O) groups excluding carboxylic acids is 1. The summed E-state index contributed by atoms with van der Waals surface area (Å²) in [5, 5.41) is 0.502. The number of aromatic nitrogens is 1. The molecule has 0 bridgehead atoms. The number of hydrogen-bond acceptors (Lipinski definition) is 7. The van der Waals surface area contributed by atoms with E-state index in [1.54, 1.807) is 42.5 Å². The Balaban J connectivity index is 1.44. The highest BCUT2D eigenvalue weighted by atomic mass is 32.2. The second kappa shape index (κ2) is 11.3. The van der Waals surface area contributed by atoms with Crippen LogP contribution in [0.5, 0.6) is 5.75 Å². The second-order valence-electron chi connectivity index (χ2n) is 9.34. The number of thiazole rings is 1. The molecule has 0 atom stereocenters. The number of sulfonamides is 1. The van der Waals surface area contributed by atoms with Crippen molar-refractivity contribution in [3.63, 3.8) is 0 Å². The largest absolute Gasteiger partial charge is 0.492 e. The Labute approximate surface area is 226 Å². The van der Waals surface area contributed by atoms with Crippen LogP contribution in [0, 0.1) is 0 Å². The van der Waals surface area contributed by atoms with E-state index < -0.39 is 10.0 Å². The molecule has 1 aliphatic carbocycles. The number of benzene rings is 2. The fraction of sp³-hybridized carbons (Fsp3) is 0.357. The fourth-order valence-corrected chi connectivity index (χ4v) is 7.21. The summed E-state index contributed by atoms with van der Waals surface area (Å²) in [5.74, 6) is 0.966. The molecule has 0 radical (unpaired) electrons.